The highest BCUT2D eigenvalue weighted by Crippen LogP contribution is 2.27. The lowest BCUT2D eigenvalue weighted by molar-refractivity contribution is 0.0925. The zero-order valence-corrected chi connectivity index (χ0v) is 16.5. The molecule has 2 saturated heterocycles. The number of carbonyl (C=O) groups is 1. The molecule has 0 aliphatic carbocycles. The monoisotopic (exact) mass is 385 g/mol. The van der Waals surface area contributed by atoms with E-state index in [2.05, 4.69) is 20.6 Å². The van der Waals surface area contributed by atoms with Gasteiger partial charge in [-0.3, -0.25) is 19.1 Å². The summed E-state index contributed by atoms with van der Waals surface area (Å²) in [6.45, 7) is 6.12. The molecule has 4 heterocycles. The SMILES string of the molecule is CCn1c(=O)[nH]c(=O)c2c(C(=O)NC3CC4CCC(C3)N4)cc(C(C)C)nc21. The van der Waals surface area contributed by atoms with Gasteiger partial charge >= 0.3 is 5.69 Å². The number of rotatable bonds is 4. The minimum atomic E-state index is -0.567. The molecule has 1 amide bonds. The van der Waals surface area contributed by atoms with Crippen LogP contribution in [-0.2, 0) is 6.54 Å². The Labute approximate surface area is 162 Å². The standard InChI is InChI=1S/C20H27N5O3/c1-4-25-17-16(19(27)24-20(25)28)14(9-15(23-17)10(2)3)18(26)22-13-7-11-5-6-12(8-13)21-11/h9-13,21H,4-8H2,1-3H3,(H,22,26)(H,24,27,28). The highest BCUT2D eigenvalue weighted by Gasteiger charge is 2.34. The first-order chi connectivity index (χ1) is 13.4. The minimum Gasteiger partial charge on any atom is -0.349 e. The summed E-state index contributed by atoms with van der Waals surface area (Å²) in [7, 11) is 0. The van der Waals surface area contributed by atoms with Crippen LogP contribution in [0.5, 0.6) is 0 Å². The number of fused-ring (bicyclic) bond motifs is 3. The van der Waals surface area contributed by atoms with Gasteiger partial charge in [0.25, 0.3) is 11.5 Å². The van der Waals surface area contributed by atoms with Gasteiger partial charge in [0.1, 0.15) is 0 Å². The third kappa shape index (κ3) is 3.26. The number of nitrogens with zero attached hydrogens (tertiary/aromatic N) is 2. The van der Waals surface area contributed by atoms with Gasteiger partial charge in [-0.1, -0.05) is 13.8 Å². The lowest BCUT2D eigenvalue weighted by Gasteiger charge is -2.29. The Morgan fingerprint density at radius 1 is 1.29 bits per heavy atom. The van der Waals surface area contributed by atoms with Crippen LogP contribution in [0.3, 0.4) is 0 Å². The summed E-state index contributed by atoms with van der Waals surface area (Å²) >= 11 is 0. The van der Waals surface area contributed by atoms with Crippen LogP contribution in [0.2, 0.25) is 0 Å². The van der Waals surface area contributed by atoms with Crippen LogP contribution in [0.4, 0.5) is 0 Å². The largest absolute Gasteiger partial charge is 0.349 e. The van der Waals surface area contributed by atoms with Gasteiger partial charge in [0.15, 0.2) is 5.65 Å². The van der Waals surface area contributed by atoms with E-state index >= 15 is 0 Å². The Bertz CT molecular complexity index is 1030. The summed E-state index contributed by atoms with van der Waals surface area (Å²) in [6.07, 6.45) is 4.10. The molecular weight excluding hydrogens is 358 g/mol. The molecule has 8 heteroatoms. The number of nitrogens with one attached hydrogen (secondary N) is 3. The van der Waals surface area contributed by atoms with Gasteiger partial charge in [0.05, 0.1) is 10.9 Å². The molecule has 2 bridgehead atoms. The highest BCUT2D eigenvalue weighted by molar-refractivity contribution is 6.05. The van der Waals surface area contributed by atoms with Crippen LogP contribution in [0.15, 0.2) is 15.7 Å². The van der Waals surface area contributed by atoms with E-state index in [0.717, 1.165) is 25.7 Å². The molecule has 2 aromatic rings. The number of aromatic amines is 1. The predicted molar refractivity (Wildman–Crippen MR) is 107 cm³/mol. The van der Waals surface area contributed by atoms with E-state index in [1.165, 1.54) is 4.57 Å². The maximum atomic E-state index is 13.2. The van der Waals surface area contributed by atoms with Crippen molar-refractivity contribution in [3.05, 3.63) is 38.2 Å². The summed E-state index contributed by atoms with van der Waals surface area (Å²) in [4.78, 5) is 44.8. The number of piperidine rings is 1. The van der Waals surface area contributed by atoms with E-state index in [4.69, 9.17) is 0 Å². The average molecular weight is 385 g/mol. The van der Waals surface area contributed by atoms with Gasteiger partial charge in [-0.05, 0) is 44.6 Å². The summed E-state index contributed by atoms with van der Waals surface area (Å²) in [5.41, 5.74) is 0.189. The number of hydrogen-bond acceptors (Lipinski definition) is 5. The second kappa shape index (κ2) is 7.16. The second-order valence-corrected chi connectivity index (χ2v) is 8.23. The first kappa shape index (κ1) is 18.9. The van der Waals surface area contributed by atoms with Crippen molar-refractivity contribution in [3.63, 3.8) is 0 Å². The first-order valence-corrected chi connectivity index (χ1v) is 10.1. The fourth-order valence-electron chi connectivity index (χ4n) is 4.50. The van der Waals surface area contributed by atoms with Gasteiger partial charge < -0.3 is 10.6 Å². The number of hydrogen-bond donors (Lipinski definition) is 3. The maximum Gasteiger partial charge on any atom is 0.329 e. The van der Waals surface area contributed by atoms with Crippen molar-refractivity contribution in [2.75, 3.05) is 0 Å². The lowest BCUT2D eigenvalue weighted by Crippen LogP contribution is -2.48. The van der Waals surface area contributed by atoms with E-state index in [-0.39, 0.29) is 28.9 Å². The van der Waals surface area contributed by atoms with Gasteiger partial charge in [0, 0.05) is 30.4 Å². The van der Waals surface area contributed by atoms with Crippen LogP contribution in [0, 0.1) is 0 Å². The highest BCUT2D eigenvalue weighted by atomic mass is 16.2. The smallest absolute Gasteiger partial charge is 0.329 e. The van der Waals surface area contributed by atoms with Gasteiger partial charge in [0.2, 0.25) is 0 Å². The molecule has 2 aliphatic heterocycles. The fourth-order valence-corrected chi connectivity index (χ4v) is 4.50. The predicted octanol–water partition coefficient (Wildman–Crippen LogP) is 1.24. The Morgan fingerprint density at radius 3 is 2.57 bits per heavy atom. The number of H-pyrrole nitrogens is 1. The van der Waals surface area contributed by atoms with E-state index in [1.54, 1.807) is 6.07 Å². The molecule has 3 N–H and O–H groups in total. The molecular formula is C20H27N5O3. The summed E-state index contributed by atoms with van der Waals surface area (Å²) in [6, 6.07) is 2.70. The molecule has 28 heavy (non-hydrogen) atoms. The van der Waals surface area contributed by atoms with E-state index < -0.39 is 11.2 Å². The number of pyridine rings is 1. The Kier molecular flexibility index (Phi) is 4.82. The van der Waals surface area contributed by atoms with Gasteiger partial charge in [-0.2, -0.15) is 0 Å². The fraction of sp³-hybridized carbons (Fsp3) is 0.600. The molecule has 2 fully saturated rings. The molecule has 8 nitrogen and oxygen atoms in total. The van der Waals surface area contributed by atoms with Crippen molar-refractivity contribution in [3.8, 4) is 0 Å². The Balaban J connectivity index is 1.79. The molecule has 2 unspecified atom stereocenters. The molecule has 2 atom stereocenters. The zero-order valence-electron chi connectivity index (χ0n) is 16.5. The van der Waals surface area contributed by atoms with Crippen molar-refractivity contribution in [1.82, 2.24) is 25.2 Å². The van der Waals surface area contributed by atoms with Crippen LogP contribution in [0.1, 0.15) is 68.4 Å². The van der Waals surface area contributed by atoms with Crippen LogP contribution < -0.4 is 21.9 Å². The topological polar surface area (TPSA) is 109 Å². The Morgan fingerprint density at radius 2 is 1.96 bits per heavy atom. The van der Waals surface area contributed by atoms with E-state index in [9.17, 15) is 14.4 Å². The van der Waals surface area contributed by atoms with Gasteiger partial charge in [-0.25, -0.2) is 9.78 Å². The van der Waals surface area contributed by atoms with Crippen molar-refractivity contribution >= 4 is 16.9 Å². The molecule has 4 rings (SSSR count). The maximum absolute atomic E-state index is 13.2. The van der Waals surface area contributed by atoms with E-state index in [1.807, 2.05) is 20.8 Å². The minimum absolute atomic E-state index is 0.0605. The summed E-state index contributed by atoms with van der Waals surface area (Å²) in [5, 5.41) is 6.87. The zero-order chi connectivity index (χ0) is 20.0. The molecule has 0 radical (unpaired) electrons. The number of amides is 1. The van der Waals surface area contributed by atoms with Crippen molar-refractivity contribution < 1.29 is 4.79 Å². The molecule has 0 aromatic carbocycles. The summed E-state index contributed by atoms with van der Waals surface area (Å²) in [5.74, 6) is -0.210. The van der Waals surface area contributed by atoms with Crippen LogP contribution in [0.25, 0.3) is 11.0 Å². The number of carbonyl (C=O) groups excluding carboxylic acids is 1. The normalized spacial score (nSPS) is 24.1. The number of aromatic nitrogens is 3. The van der Waals surface area contributed by atoms with E-state index in [0.29, 0.717) is 29.9 Å². The molecule has 150 valence electrons. The van der Waals surface area contributed by atoms with Crippen molar-refractivity contribution in [2.45, 2.75) is 77.0 Å². The second-order valence-electron chi connectivity index (χ2n) is 8.23. The lowest BCUT2D eigenvalue weighted by atomic mass is 9.98. The van der Waals surface area contributed by atoms with Gasteiger partial charge in [-0.15, -0.1) is 0 Å². The molecule has 2 aliphatic rings. The number of aryl methyl sites for hydroxylation is 1. The molecule has 0 spiro atoms. The van der Waals surface area contributed by atoms with Crippen LogP contribution in [-0.4, -0.2) is 38.6 Å². The molecule has 2 aromatic heterocycles. The Hall–Kier alpha value is -2.48. The first-order valence-electron chi connectivity index (χ1n) is 10.1. The molecule has 0 saturated carbocycles. The quantitative estimate of drug-likeness (QED) is 0.734. The van der Waals surface area contributed by atoms with Crippen molar-refractivity contribution in [2.24, 2.45) is 0 Å². The summed E-state index contributed by atoms with van der Waals surface area (Å²) < 4.78 is 1.41. The van der Waals surface area contributed by atoms with Crippen LogP contribution >= 0.6 is 0 Å². The van der Waals surface area contributed by atoms with Crippen molar-refractivity contribution in [1.29, 1.82) is 0 Å². The average Bonchev–Trinajstić information content (AvgIpc) is 2.99. The third-order valence-corrected chi connectivity index (χ3v) is 5.93. The third-order valence-electron chi connectivity index (χ3n) is 5.93.